The van der Waals surface area contributed by atoms with Gasteiger partial charge in [-0.3, -0.25) is 14.9 Å². The molecule has 0 bridgehead atoms. The van der Waals surface area contributed by atoms with Crippen molar-refractivity contribution in [2.24, 2.45) is 0 Å². The van der Waals surface area contributed by atoms with E-state index in [1.807, 2.05) is 16.8 Å². The highest BCUT2D eigenvalue weighted by Gasteiger charge is 2.20. The highest BCUT2D eigenvalue weighted by molar-refractivity contribution is 7.07. The van der Waals surface area contributed by atoms with Crippen LogP contribution >= 0.6 is 11.3 Å². The lowest BCUT2D eigenvalue weighted by molar-refractivity contribution is -0.385. The molecule has 1 amide bonds. The SMILES string of the molecule is Cc1cc(C)c([N+](=O)[O-])cc1C(=O)NC(CO)c1ccsc1. The van der Waals surface area contributed by atoms with Crippen molar-refractivity contribution in [3.05, 3.63) is 61.3 Å². The Bertz CT molecular complexity index is 698. The van der Waals surface area contributed by atoms with Gasteiger partial charge in [0.05, 0.1) is 17.6 Å². The van der Waals surface area contributed by atoms with Gasteiger partial charge in [0.15, 0.2) is 0 Å². The Morgan fingerprint density at radius 2 is 2.14 bits per heavy atom. The smallest absolute Gasteiger partial charge is 0.273 e. The van der Waals surface area contributed by atoms with Gasteiger partial charge in [0.2, 0.25) is 0 Å². The van der Waals surface area contributed by atoms with Crippen molar-refractivity contribution in [1.82, 2.24) is 5.32 Å². The summed E-state index contributed by atoms with van der Waals surface area (Å²) < 4.78 is 0. The van der Waals surface area contributed by atoms with Gasteiger partial charge in [-0.15, -0.1) is 0 Å². The van der Waals surface area contributed by atoms with Gasteiger partial charge >= 0.3 is 0 Å². The van der Waals surface area contributed by atoms with E-state index in [9.17, 15) is 20.0 Å². The number of hydrogen-bond acceptors (Lipinski definition) is 5. The molecule has 2 rings (SSSR count). The van der Waals surface area contributed by atoms with Gasteiger partial charge in [0.25, 0.3) is 11.6 Å². The standard InChI is InChI=1S/C15H16N2O4S/c1-9-5-10(2)14(17(20)21)6-12(9)15(19)16-13(7-18)11-3-4-22-8-11/h3-6,8,13,18H,7H2,1-2H3,(H,16,19). The van der Waals surface area contributed by atoms with Crippen molar-refractivity contribution < 1.29 is 14.8 Å². The fourth-order valence-corrected chi connectivity index (χ4v) is 2.94. The van der Waals surface area contributed by atoms with E-state index < -0.39 is 16.9 Å². The van der Waals surface area contributed by atoms with E-state index in [-0.39, 0.29) is 17.9 Å². The second-order valence-electron chi connectivity index (χ2n) is 4.98. The number of nitrogens with zero attached hydrogens (tertiary/aromatic N) is 1. The van der Waals surface area contributed by atoms with Gasteiger partial charge < -0.3 is 10.4 Å². The summed E-state index contributed by atoms with van der Waals surface area (Å²) in [5.41, 5.74) is 2.12. The van der Waals surface area contributed by atoms with Crippen LogP contribution in [0, 0.1) is 24.0 Å². The minimum atomic E-state index is -0.529. The summed E-state index contributed by atoms with van der Waals surface area (Å²) in [5.74, 6) is -0.439. The van der Waals surface area contributed by atoms with Gasteiger partial charge in [-0.1, -0.05) is 0 Å². The monoisotopic (exact) mass is 320 g/mol. The largest absolute Gasteiger partial charge is 0.394 e. The van der Waals surface area contributed by atoms with Crippen LogP contribution in [0.15, 0.2) is 29.0 Å². The number of nitro groups is 1. The van der Waals surface area contributed by atoms with Crippen molar-refractivity contribution in [2.45, 2.75) is 19.9 Å². The molecule has 1 unspecified atom stereocenters. The van der Waals surface area contributed by atoms with E-state index in [1.54, 1.807) is 19.9 Å². The summed E-state index contributed by atoms with van der Waals surface area (Å²) in [6.07, 6.45) is 0. The van der Waals surface area contributed by atoms with Gasteiger partial charge in [-0.2, -0.15) is 11.3 Å². The highest BCUT2D eigenvalue weighted by Crippen LogP contribution is 2.24. The lowest BCUT2D eigenvalue weighted by Crippen LogP contribution is -2.31. The first-order chi connectivity index (χ1) is 10.4. The lowest BCUT2D eigenvalue weighted by Gasteiger charge is -2.16. The topological polar surface area (TPSA) is 92.5 Å². The number of benzene rings is 1. The number of nitrogens with one attached hydrogen (secondary N) is 1. The molecule has 0 saturated heterocycles. The summed E-state index contributed by atoms with van der Waals surface area (Å²) in [4.78, 5) is 22.9. The summed E-state index contributed by atoms with van der Waals surface area (Å²) in [5, 5.41) is 26.8. The van der Waals surface area contributed by atoms with Crippen LogP contribution in [-0.4, -0.2) is 22.5 Å². The molecule has 0 aliphatic rings. The molecule has 0 fully saturated rings. The van der Waals surface area contributed by atoms with Crippen LogP contribution in [-0.2, 0) is 0 Å². The van der Waals surface area contributed by atoms with Crippen LogP contribution < -0.4 is 5.32 Å². The number of thiophene rings is 1. The van der Waals surface area contributed by atoms with Crippen molar-refractivity contribution >= 4 is 22.9 Å². The molecule has 1 atom stereocenters. The van der Waals surface area contributed by atoms with Crippen LogP contribution in [0.25, 0.3) is 0 Å². The first-order valence-corrected chi connectivity index (χ1v) is 7.57. The molecule has 2 aromatic rings. The molecule has 0 aliphatic heterocycles. The molecule has 2 N–H and O–H groups in total. The third-order valence-electron chi connectivity index (χ3n) is 3.42. The maximum atomic E-state index is 12.4. The van der Waals surface area contributed by atoms with Crippen molar-refractivity contribution in [1.29, 1.82) is 0 Å². The highest BCUT2D eigenvalue weighted by atomic mass is 32.1. The van der Waals surface area contributed by atoms with Crippen LogP contribution in [0.3, 0.4) is 0 Å². The molecule has 7 heteroatoms. The Morgan fingerprint density at radius 3 is 2.68 bits per heavy atom. The average Bonchev–Trinajstić information content (AvgIpc) is 2.98. The van der Waals surface area contributed by atoms with Crippen LogP contribution in [0.2, 0.25) is 0 Å². The van der Waals surface area contributed by atoms with Gasteiger partial charge in [-0.25, -0.2) is 0 Å². The number of aliphatic hydroxyl groups excluding tert-OH is 1. The molecule has 22 heavy (non-hydrogen) atoms. The molecule has 116 valence electrons. The minimum Gasteiger partial charge on any atom is -0.394 e. The van der Waals surface area contributed by atoms with E-state index in [4.69, 9.17) is 0 Å². The van der Waals surface area contributed by atoms with Gasteiger partial charge in [0, 0.05) is 17.2 Å². The van der Waals surface area contributed by atoms with Crippen molar-refractivity contribution in [3.63, 3.8) is 0 Å². The summed E-state index contributed by atoms with van der Waals surface area (Å²) in [7, 11) is 0. The summed E-state index contributed by atoms with van der Waals surface area (Å²) >= 11 is 1.47. The predicted octanol–water partition coefficient (Wildman–Crippen LogP) is 2.74. The number of amides is 1. The van der Waals surface area contributed by atoms with Crippen LogP contribution in [0.5, 0.6) is 0 Å². The molecule has 1 aromatic carbocycles. The van der Waals surface area contributed by atoms with Crippen molar-refractivity contribution in [2.75, 3.05) is 6.61 Å². The fraction of sp³-hybridized carbons (Fsp3) is 0.267. The minimum absolute atomic E-state index is 0.0909. The molecule has 6 nitrogen and oxygen atoms in total. The number of aryl methyl sites for hydroxylation is 2. The zero-order valence-electron chi connectivity index (χ0n) is 12.2. The van der Waals surface area contributed by atoms with Crippen molar-refractivity contribution in [3.8, 4) is 0 Å². The number of carbonyl (C=O) groups excluding carboxylic acids is 1. The average molecular weight is 320 g/mol. The Kier molecular flexibility index (Phi) is 4.89. The number of rotatable bonds is 5. The summed E-state index contributed by atoms with van der Waals surface area (Å²) in [6.45, 7) is 3.12. The molecule has 1 heterocycles. The molecule has 0 saturated carbocycles. The number of aliphatic hydroxyl groups is 1. The first-order valence-electron chi connectivity index (χ1n) is 6.63. The van der Waals surface area contributed by atoms with E-state index in [0.29, 0.717) is 11.1 Å². The number of nitro benzene ring substituents is 1. The Balaban J connectivity index is 2.29. The summed E-state index contributed by atoms with van der Waals surface area (Å²) in [6, 6.07) is 4.18. The number of hydrogen-bond donors (Lipinski definition) is 2. The van der Waals surface area contributed by atoms with E-state index in [0.717, 1.165) is 5.56 Å². The Hall–Kier alpha value is -2.25. The molecular formula is C15H16N2O4S. The third kappa shape index (κ3) is 3.32. The second-order valence-corrected chi connectivity index (χ2v) is 5.76. The quantitative estimate of drug-likeness (QED) is 0.654. The fourth-order valence-electron chi connectivity index (χ4n) is 2.23. The van der Waals surface area contributed by atoms with Crippen LogP contribution in [0.1, 0.15) is 33.1 Å². The molecule has 0 radical (unpaired) electrons. The van der Waals surface area contributed by atoms with Crippen LogP contribution in [0.4, 0.5) is 5.69 Å². The second kappa shape index (κ2) is 6.67. The van der Waals surface area contributed by atoms with E-state index in [2.05, 4.69) is 5.32 Å². The normalized spacial score (nSPS) is 12.0. The Morgan fingerprint density at radius 1 is 1.41 bits per heavy atom. The maximum absolute atomic E-state index is 12.4. The zero-order valence-corrected chi connectivity index (χ0v) is 13.0. The third-order valence-corrected chi connectivity index (χ3v) is 4.12. The molecule has 0 spiro atoms. The lowest BCUT2D eigenvalue weighted by atomic mass is 10.0. The Labute approximate surface area is 131 Å². The predicted molar refractivity (Wildman–Crippen MR) is 84.2 cm³/mol. The molecule has 0 aliphatic carbocycles. The number of carbonyl (C=O) groups is 1. The van der Waals surface area contributed by atoms with Gasteiger partial charge in [0.1, 0.15) is 0 Å². The zero-order chi connectivity index (χ0) is 16.3. The van der Waals surface area contributed by atoms with E-state index >= 15 is 0 Å². The maximum Gasteiger partial charge on any atom is 0.273 e. The van der Waals surface area contributed by atoms with E-state index in [1.165, 1.54) is 17.4 Å². The molecule has 1 aromatic heterocycles. The van der Waals surface area contributed by atoms with Gasteiger partial charge in [-0.05, 0) is 47.9 Å². The molecular weight excluding hydrogens is 304 g/mol. The first kappa shape index (κ1) is 16.1.